The molecule has 2 aromatic carbocycles. The minimum absolute atomic E-state index is 0.351. The van der Waals surface area contributed by atoms with Gasteiger partial charge in [-0.15, -0.1) is 0 Å². The second-order valence-corrected chi connectivity index (χ2v) is 7.23. The molecule has 7 nitrogen and oxygen atoms in total. The molecule has 1 aromatic heterocycles. The number of sulfonamides is 1. The van der Waals surface area contributed by atoms with Crippen LogP contribution in [-0.4, -0.2) is 31.9 Å². The van der Waals surface area contributed by atoms with Crippen LogP contribution >= 0.6 is 0 Å². The molecule has 0 amide bonds. The highest BCUT2D eigenvalue weighted by Gasteiger charge is 2.08. The molecule has 1 N–H and O–H groups in total. The molecule has 1 heterocycles. The molecule has 0 spiro atoms. The third kappa shape index (κ3) is 4.48. The topological polar surface area (TPSA) is 94.3 Å². The molecule has 0 bridgehead atoms. The Hall–Kier alpha value is -3.13. The van der Waals surface area contributed by atoms with Gasteiger partial charge in [0, 0.05) is 22.9 Å². The number of para-hydroxylation sites is 1. The predicted octanol–water partition coefficient (Wildman–Crippen LogP) is 3.29. The van der Waals surface area contributed by atoms with E-state index in [1.165, 1.54) is 0 Å². The molecule has 134 valence electrons. The summed E-state index contributed by atoms with van der Waals surface area (Å²) in [5, 5.41) is 3.94. The molecule has 3 rings (SSSR count). The van der Waals surface area contributed by atoms with Crippen molar-refractivity contribution in [3.8, 4) is 17.1 Å². The Balaban J connectivity index is 1.76. The zero-order valence-electron chi connectivity index (χ0n) is 14.2. The second-order valence-electron chi connectivity index (χ2n) is 5.48. The van der Waals surface area contributed by atoms with Crippen molar-refractivity contribution in [3.63, 3.8) is 0 Å². The first-order valence-electron chi connectivity index (χ1n) is 7.67. The van der Waals surface area contributed by atoms with E-state index in [9.17, 15) is 8.42 Å². The van der Waals surface area contributed by atoms with Crippen LogP contribution in [0.1, 0.15) is 11.5 Å². The van der Waals surface area contributed by atoms with Gasteiger partial charge >= 0.3 is 0 Å². The van der Waals surface area contributed by atoms with Crippen LogP contribution in [0.3, 0.4) is 0 Å². The lowest BCUT2D eigenvalue weighted by atomic mass is 10.2. The van der Waals surface area contributed by atoms with Gasteiger partial charge in [-0.1, -0.05) is 23.4 Å². The zero-order valence-corrected chi connectivity index (χ0v) is 15.0. The van der Waals surface area contributed by atoms with E-state index in [1.807, 2.05) is 30.3 Å². The molecule has 0 radical (unpaired) electrons. The van der Waals surface area contributed by atoms with Crippen molar-refractivity contribution >= 4 is 27.9 Å². The Morgan fingerprint density at radius 1 is 1.08 bits per heavy atom. The Bertz CT molecular complexity index is 1020. The molecular weight excluding hydrogens is 354 g/mol. The monoisotopic (exact) mass is 371 g/mol. The fourth-order valence-electron chi connectivity index (χ4n) is 2.29. The Morgan fingerprint density at radius 2 is 1.81 bits per heavy atom. The van der Waals surface area contributed by atoms with Crippen LogP contribution in [0.25, 0.3) is 23.5 Å². The van der Waals surface area contributed by atoms with E-state index in [-0.39, 0.29) is 0 Å². The average Bonchev–Trinajstić information content (AvgIpc) is 3.08. The maximum absolute atomic E-state index is 11.2. The largest absolute Gasteiger partial charge is 0.496 e. The van der Waals surface area contributed by atoms with Gasteiger partial charge in [0.2, 0.25) is 15.8 Å². The number of anilines is 1. The van der Waals surface area contributed by atoms with Gasteiger partial charge in [-0.3, -0.25) is 4.72 Å². The molecule has 0 atom stereocenters. The van der Waals surface area contributed by atoms with Gasteiger partial charge < -0.3 is 9.26 Å². The lowest BCUT2D eigenvalue weighted by Crippen LogP contribution is -2.09. The molecule has 0 fully saturated rings. The lowest BCUT2D eigenvalue weighted by molar-refractivity contribution is 0.411. The maximum Gasteiger partial charge on any atom is 0.250 e. The van der Waals surface area contributed by atoms with E-state index >= 15 is 0 Å². The van der Waals surface area contributed by atoms with Crippen LogP contribution in [0.4, 0.5) is 5.69 Å². The van der Waals surface area contributed by atoms with Crippen LogP contribution in [0.2, 0.25) is 0 Å². The van der Waals surface area contributed by atoms with Crippen LogP contribution in [0, 0.1) is 0 Å². The fourth-order valence-corrected chi connectivity index (χ4v) is 2.85. The number of hydrogen-bond donors (Lipinski definition) is 1. The summed E-state index contributed by atoms with van der Waals surface area (Å²) in [6.45, 7) is 0. The first-order valence-corrected chi connectivity index (χ1v) is 9.57. The van der Waals surface area contributed by atoms with E-state index in [0.717, 1.165) is 17.6 Å². The van der Waals surface area contributed by atoms with Gasteiger partial charge in [0.15, 0.2) is 0 Å². The third-order valence-corrected chi connectivity index (χ3v) is 4.04. The van der Waals surface area contributed by atoms with Crippen LogP contribution < -0.4 is 9.46 Å². The maximum atomic E-state index is 11.2. The lowest BCUT2D eigenvalue weighted by Gasteiger charge is -2.03. The number of benzene rings is 2. The second kappa shape index (κ2) is 7.40. The Morgan fingerprint density at radius 3 is 2.50 bits per heavy atom. The summed E-state index contributed by atoms with van der Waals surface area (Å²) in [4.78, 5) is 4.31. The molecule has 8 heteroatoms. The first-order chi connectivity index (χ1) is 12.4. The summed E-state index contributed by atoms with van der Waals surface area (Å²) in [6.07, 6.45) is 4.63. The zero-order chi connectivity index (χ0) is 18.6. The van der Waals surface area contributed by atoms with Crippen LogP contribution in [0.15, 0.2) is 53.1 Å². The van der Waals surface area contributed by atoms with E-state index in [4.69, 9.17) is 9.26 Å². The Labute approximate surface area is 151 Å². The van der Waals surface area contributed by atoms with E-state index in [1.54, 1.807) is 37.5 Å². The van der Waals surface area contributed by atoms with Gasteiger partial charge in [0.1, 0.15) is 5.75 Å². The molecule has 0 aliphatic rings. The smallest absolute Gasteiger partial charge is 0.250 e. The van der Waals surface area contributed by atoms with Crippen molar-refractivity contribution in [2.45, 2.75) is 0 Å². The van der Waals surface area contributed by atoms with Crippen molar-refractivity contribution in [3.05, 3.63) is 60.0 Å². The summed E-state index contributed by atoms with van der Waals surface area (Å²) < 4.78 is 35.4. The average molecular weight is 371 g/mol. The molecular formula is C18H17N3O4S. The first kappa shape index (κ1) is 17.7. The highest BCUT2D eigenvalue weighted by Crippen LogP contribution is 2.22. The number of hydrogen-bond acceptors (Lipinski definition) is 6. The molecule has 26 heavy (non-hydrogen) atoms. The number of nitrogens with zero attached hydrogens (tertiary/aromatic N) is 2. The quantitative estimate of drug-likeness (QED) is 0.714. The standard InChI is InChI=1S/C18H17N3O4S/c1-24-16-6-4-3-5-13(16)9-12-17-19-18(20-25-17)14-7-10-15(11-8-14)21-26(2,22)23/h3-12,21H,1-2H3. The van der Waals surface area contributed by atoms with Gasteiger partial charge in [-0.2, -0.15) is 4.98 Å². The summed E-state index contributed by atoms with van der Waals surface area (Å²) in [6, 6.07) is 14.3. The van der Waals surface area contributed by atoms with E-state index in [2.05, 4.69) is 14.9 Å². The summed E-state index contributed by atoms with van der Waals surface area (Å²) in [7, 11) is -1.70. The van der Waals surface area contributed by atoms with Gasteiger partial charge in [-0.05, 0) is 36.4 Å². The fraction of sp³-hybridized carbons (Fsp3) is 0.111. The van der Waals surface area contributed by atoms with E-state index in [0.29, 0.717) is 23.0 Å². The highest BCUT2D eigenvalue weighted by atomic mass is 32.2. The molecule has 0 aliphatic carbocycles. The molecule has 0 unspecified atom stereocenters. The summed E-state index contributed by atoms with van der Waals surface area (Å²) in [5.41, 5.74) is 2.08. The molecule has 0 aliphatic heterocycles. The van der Waals surface area contributed by atoms with Crippen molar-refractivity contribution in [2.24, 2.45) is 0 Å². The van der Waals surface area contributed by atoms with Gasteiger partial charge in [0.05, 0.1) is 13.4 Å². The van der Waals surface area contributed by atoms with Gasteiger partial charge in [-0.25, -0.2) is 8.42 Å². The minimum Gasteiger partial charge on any atom is -0.496 e. The number of rotatable bonds is 6. The van der Waals surface area contributed by atoms with Crippen molar-refractivity contribution in [1.29, 1.82) is 0 Å². The van der Waals surface area contributed by atoms with Gasteiger partial charge in [0.25, 0.3) is 5.89 Å². The van der Waals surface area contributed by atoms with Crippen molar-refractivity contribution in [2.75, 3.05) is 18.1 Å². The van der Waals surface area contributed by atoms with Crippen molar-refractivity contribution < 1.29 is 17.7 Å². The summed E-state index contributed by atoms with van der Waals surface area (Å²) >= 11 is 0. The number of ether oxygens (including phenoxy) is 1. The van der Waals surface area contributed by atoms with E-state index < -0.39 is 10.0 Å². The normalized spacial score (nSPS) is 11.6. The van der Waals surface area contributed by atoms with Crippen LogP contribution in [0.5, 0.6) is 5.75 Å². The minimum atomic E-state index is -3.31. The number of nitrogens with one attached hydrogen (secondary N) is 1. The SMILES string of the molecule is COc1ccccc1C=Cc1nc(-c2ccc(NS(C)(=O)=O)cc2)no1. The predicted molar refractivity (Wildman–Crippen MR) is 100 cm³/mol. The third-order valence-electron chi connectivity index (χ3n) is 3.43. The number of methoxy groups -OCH3 is 1. The summed E-state index contributed by atoms with van der Waals surface area (Å²) in [5.74, 6) is 1.51. The highest BCUT2D eigenvalue weighted by molar-refractivity contribution is 7.92. The Kier molecular flexibility index (Phi) is 5.04. The van der Waals surface area contributed by atoms with Crippen molar-refractivity contribution in [1.82, 2.24) is 10.1 Å². The molecule has 0 saturated carbocycles. The molecule has 0 saturated heterocycles. The molecule has 3 aromatic rings. The van der Waals surface area contributed by atoms with Crippen LogP contribution in [-0.2, 0) is 10.0 Å². The number of aromatic nitrogens is 2.